The Kier molecular flexibility index (Phi) is 27.5. The summed E-state index contributed by atoms with van der Waals surface area (Å²) in [6.07, 6.45) is 29.3. The van der Waals surface area contributed by atoms with Gasteiger partial charge in [-0.15, -0.1) is 0 Å². The van der Waals surface area contributed by atoms with Gasteiger partial charge in [-0.25, -0.2) is 0 Å². The van der Waals surface area contributed by atoms with E-state index in [9.17, 15) is 0 Å². The molecule has 0 N–H and O–H groups in total. The molecular formula is C25H53AsS2. The van der Waals surface area contributed by atoms with Gasteiger partial charge in [0.2, 0.25) is 0 Å². The third-order valence-corrected chi connectivity index (χ3v) is 17.4. The van der Waals surface area contributed by atoms with Crippen LogP contribution in [0.1, 0.15) is 142 Å². The van der Waals surface area contributed by atoms with Gasteiger partial charge in [-0.05, 0) is 0 Å². The Morgan fingerprint density at radius 1 is 0.393 bits per heavy atom. The third-order valence-electron chi connectivity index (χ3n) is 5.54. The molecule has 0 aliphatic carbocycles. The summed E-state index contributed by atoms with van der Waals surface area (Å²) in [5.74, 6) is 2.88. The monoisotopic (exact) mass is 492 g/mol. The molecule has 0 saturated heterocycles. The van der Waals surface area contributed by atoms with E-state index >= 15 is 0 Å². The summed E-state index contributed by atoms with van der Waals surface area (Å²) < 4.78 is 0. The number of unbranched alkanes of at least 4 members (excludes halogenated alkanes) is 18. The van der Waals surface area contributed by atoms with Crippen molar-refractivity contribution in [3.8, 4) is 0 Å². The molecule has 3 heteroatoms. The predicted octanol–water partition coefficient (Wildman–Crippen LogP) is 10.4. The predicted molar refractivity (Wildman–Crippen MR) is 140 cm³/mol. The van der Waals surface area contributed by atoms with Crippen molar-refractivity contribution in [1.29, 1.82) is 0 Å². The minimum Gasteiger partial charge on any atom is -0.0654 e. The van der Waals surface area contributed by atoms with Crippen LogP contribution in [0.3, 0.4) is 0 Å². The summed E-state index contributed by atoms with van der Waals surface area (Å²) in [6, 6.07) is 0. The molecule has 0 heterocycles. The van der Waals surface area contributed by atoms with Crippen LogP contribution in [0.4, 0.5) is 0 Å². The Morgan fingerprint density at radius 2 is 0.643 bits per heavy atom. The molecule has 0 unspecified atom stereocenters. The molecular weight excluding hydrogens is 439 g/mol. The normalized spacial score (nSPS) is 11.6. The van der Waals surface area contributed by atoms with E-state index in [-0.39, 0.29) is 0 Å². The van der Waals surface area contributed by atoms with Crippen molar-refractivity contribution < 1.29 is 0 Å². The van der Waals surface area contributed by atoms with Gasteiger partial charge in [-0.3, -0.25) is 0 Å². The molecule has 0 radical (unpaired) electrons. The van der Waals surface area contributed by atoms with E-state index in [0.717, 1.165) is 0 Å². The molecule has 0 aromatic heterocycles. The zero-order valence-corrected chi connectivity index (χ0v) is 23.3. The van der Waals surface area contributed by atoms with Crippen LogP contribution in [0.2, 0.25) is 5.71 Å². The minimum atomic E-state index is -0.598. The Hall–Kier alpha value is 1.26. The van der Waals surface area contributed by atoms with Crippen LogP contribution in [-0.4, -0.2) is 23.8 Å². The maximum atomic E-state index is 2.56. The first-order chi connectivity index (χ1) is 13.8. The Balaban J connectivity index is 3.12. The molecule has 0 aliphatic rings. The van der Waals surface area contributed by atoms with Gasteiger partial charge >= 0.3 is 178 Å². The molecule has 0 amide bonds. The van der Waals surface area contributed by atoms with E-state index in [1.165, 1.54) is 140 Å². The zero-order valence-electron chi connectivity index (χ0n) is 19.8. The SMILES string of the molecule is CCCCCCCCCCCCS[As](C)SCCCCCCCCCCCC. The molecule has 0 rings (SSSR count). The van der Waals surface area contributed by atoms with E-state index in [0.29, 0.717) is 0 Å². The quantitative estimate of drug-likeness (QED) is 0.0970. The van der Waals surface area contributed by atoms with Crippen LogP contribution >= 0.6 is 20.0 Å². The summed E-state index contributed by atoms with van der Waals surface area (Å²) >= 11 is -0.598. The van der Waals surface area contributed by atoms with Crippen molar-refractivity contribution in [2.24, 2.45) is 0 Å². The standard InChI is InChI=1S/C25H53AsS2/c1-4-6-8-10-12-14-16-18-20-22-24-27-26(3)28-25-23-21-19-17-15-13-11-9-7-5-2/h4-25H2,1-3H3. The van der Waals surface area contributed by atoms with Crippen molar-refractivity contribution in [3.05, 3.63) is 0 Å². The van der Waals surface area contributed by atoms with Gasteiger partial charge in [0.1, 0.15) is 0 Å². The van der Waals surface area contributed by atoms with Gasteiger partial charge in [0, 0.05) is 0 Å². The van der Waals surface area contributed by atoms with Crippen LogP contribution in [-0.2, 0) is 0 Å². The van der Waals surface area contributed by atoms with Gasteiger partial charge in [0.15, 0.2) is 0 Å². The summed E-state index contributed by atoms with van der Waals surface area (Å²) in [5.41, 5.74) is 2.56. The van der Waals surface area contributed by atoms with Crippen molar-refractivity contribution in [1.82, 2.24) is 0 Å². The van der Waals surface area contributed by atoms with Gasteiger partial charge in [0.05, 0.1) is 0 Å². The summed E-state index contributed by atoms with van der Waals surface area (Å²) in [5, 5.41) is 0. The van der Waals surface area contributed by atoms with Crippen molar-refractivity contribution in [2.45, 2.75) is 148 Å². The molecule has 28 heavy (non-hydrogen) atoms. The first kappa shape index (κ1) is 29.3. The fourth-order valence-corrected chi connectivity index (χ4v) is 13.7. The van der Waals surface area contributed by atoms with Crippen LogP contribution in [0.5, 0.6) is 0 Å². The van der Waals surface area contributed by atoms with E-state index in [4.69, 9.17) is 0 Å². The zero-order chi connectivity index (χ0) is 20.5. The maximum absolute atomic E-state index is 2.56. The fourth-order valence-electron chi connectivity index (χ4n) is 3.60. The topological polar surface area (TPSA) is 0 Å². The number of hydrogen-bond donors (Lipinski definition) is 0. The smallest absolute Gasteiger partial charge is 0.0654 e. The van der Waals surface area contributed by atoms with E-state index < -0.39 is 12.3 Å². The molecule has 0 atom stereocenters. The Labute approximate surface area is 191 Å². The molecule has 0 bridgehead atoms. The summed E-state index contributed by atoms with van der Waals surface area (Å²) in [7, 11) is 4.69. The molecule has 0 saturated carbocycles. The summed E-state index contributed by atoms with van der Waals surface area (Å²) in [4.78, 5) is 0. The second kappa shape index (κ2) is 26.3. The minimum absolute atomic E-state index is 0.598. The Morgan fingerprint density at radius 3 is 0.929 bits per heavy atom. The first-order valence-electron chi connectivity index (χ1n) is 12.8. The molecule has 170 valence electrons. The van der Waals surface area contributed by atoms with E-state index in [2.05, 4.69) is 39.6 Å². The van der Waals surface area contributed by atoms with Gasteiger partial charge in [-0.2, -0.15) is 0 Å². The molecule has 0 nitrogen and oxygen atoms in total. The number of rotatable bonds is 24. The average Bonchev–Trinajstić information content (AvgIpc) is 2.70. The van der Waals surface area contributed by atoms with Gasteiger partial charge < -0.3 is 0 Å². The molecule has 0 spiro atoms. The van der Waals surface area contributed by atoms with Crippen LogP contribution in [0.25, 0.3) is 0 Å². The molecule has 0 fully saturated rings. The fraction of sp³-hybridized carbons (Fsp3) is 1.00. The molecule has 0 aromatic rings. The van der Waals surface area contributed by atoms with Crippen LogP contribution in [0, 0.1) is 0 Å². The molecule has 0 aliphatic heterocycles. The number of hydrogen-bond acceptors (Lipinski definition) is 2. The first-order valence-corrected chi connectivity index (χ1v) is 21.2. The van der Waals surface area contributed by atoms with Crippen molar-refractivity contribution in [3.63, 3.8) is 0 Å². The third kappa shape index (κ3) is 25.3. The Bertz CT molecular complexity index is 247. The van der Waals surface area contributed by atoms with E-state index in [1.807, 2.05) is 0 Å². The van der Waals surface area contributed by atoms with Crippen molar-refractivity contribution >= 4 is 32.4 Å². The van der Waals surface area contributed by atoms with Crippen molar-refractivity contribution in [2.75, 3.05) is 11.5 Å². The van der Waals surface area contributed by atoms with Gasteiger partial charge in [0.25, 0.3) is 0 Å². The molecule has 0 aromatic carbocycles. The van der Waals surface area contributed by atoms with Gasteiger partial charge in [-0.1, -0.05) is 13.8 Å². The second-order valence-corrected chi connectivity index (χ2v) is 21.8. The summed E-state index contributed by atoms with van der Waals surface area (Å²) in [6.45, 7) is 4.61. The van der Waals surface area contributed by atoms with Crippen LogP contribution < -0.4 is 0 Å². The van der Waals surface area contributed by atoms with Crippen LogP contribution in [0.15, 0.2) is 0 Å². The second-order valence-electron chi connectivity index (χ2n) is 8.47. The average molecular weight is 493 g/mol. The van der Waals surface area contributed by atoms with E-state index in [1.54, 1.807) is 0 Å².